The fourth-order valence-electron chi connectivity index (χ4n) is 3.14. The van der Waals surface area contributed by atoms with E-state index in [9.17, 15) is 14.7 Å². The molecule has 0 radical (unpaired) electrons. The number of thiophene rings is 1. The van der Waals surface area contributed by atoms with E-state index in [1.54, 1.807) is 30.6 Å². The van der Waals surface area contributed by atoms with Crippen LogP contribution in [0.15, 0.2) is 72.1 Å². The third kappa shape index (κ3) is 3.13. The predicted octanol–water partition coefficient (Wildman–Crippen LogP) is 3.16. The second-order valence-electron chi connectivity index (χ2n) is 6.04. The number of hydrogen-bond acceptors (Lipinski definition) is 6. The van der Waals surface area contributed by atoms with Gasteiger partial charge in [0.25, 0.3) is 11.7 Å². The molecular formula is C20H15N3O3S. The molecule has 3 aromatic heterocycles. The van der Waals surface area contributed by atoms with Crippen LogP contribution in [0.2, 0.25) is 0 Å². The molecule has 1 aliphatic rings. The van der Waals surface area contributed by atoms with Gasteiger partial charge in [0.15, 0.2) is 0 Å². The van der Waals surface area contributed by atoms with E-state index in [2.05, 4.69) is 9.97 Å². The summed E-state index contributed by atoms with van der Waals surface area (Å²) in [5.74, 6) is -1.51. The van der Waals surface area contributed by atoms with Gasteiger partial charge in [-0.3, -0.25) is 19.6 Å². The fourth-order valence-corrected chi connectivity index (χ4v) is 3.98. The molecule has 1 unspecified atom stereocenters. The van der Waals surface area contributed by atoms with Crippen molar-refractivity contribution in [3.8, 4) is 0 Å². The van der Waals surface area contributed by atoms with Crippen molar-refractivity contribution in [1.82, 2.24) is 14.9 Å². The molecule has 0 saturated carbocycles. The van der Waals surface area contributed by atoms with E-state index in [1.165, 1.54) is 28.6 Å². The molecule has 3 aromatic rings. The number of aliphatic hydroxyl groups excluding tert-OH is 1. The van der Waals surface area contributed by atoms with Gasteiger partial charge < -0.3 is 10.0 Å². The van der Waals surface area contributed by atoms with Gasteiger partial charge >= 0.3 is 0 Å². The van der Waals surface area contributed by atoms with Crippen LogP contribution in [0.3, 0.4) is 0 Å². The summed E-state index contributed by atoms with van der Waals surface area (Å²) in [6, 6.07) is 9.92. The van der Waals surface area contributed by atoms with Crippen molar-refractivity contribution < 1.29 is 14.7 Å². The lowest BCUT2D eigenvalue weighted by Gasteiger charge is -2.24. The standard InChI is InChI=1S/C20H15N3O3S/c24-18(14-5-8-21-9-6-14)16-17(15-4-2-10-27-15)23(20(26)19(16)25)12-13-3-1-7-22-11-13/h1-11,17,24H,12H2/b18-16-. The van der Waals surface area contributed by atoms with Crippen molar-refractivity contribution in [2.75, 3.05) is 0 Å². The number of carbonyl (C=O) groups excluding carboxylic acids is 2. The lowest BCUT2D eigenvalue weighted by Crippen LogP contribution is -2.28. The number of pyridine rings is 2. The highest BCUT2D eigenvalue weighted by Crippen LogP contribution is 2.41. The second kappa shape index (κ2) is 7.13. The van der Waals surface area contributed by atoms with Gasteiger partial charge in [-0.2, -0.15) is 0 Å². The zero-order valence-corrected chi connectivity index (χ0v) is 15.0. The maximum Gasteiger partial charge on any atom is 0.295 e. The fraction of sp³-hybridized carbons (Fsp3) is 0.100. The van der Waals surface area contributed by atoms with E-state index in [4.69, 9.17) is 0 Å². The smallest absolute Gasteiger partial charge is 0.295 e. The molecule has 7 heteroatoms. The summed E-state index contributed by atoms with van der Waals surface area (Å²) < 4.78 is 0. The van der Waals surface area contributed by atoms with Gasteiger partial charge in [0.2, 0.25) is 0 Å². The van der Waals surface area contributed by atoms with Crippen molar-refractivity contribution in [3.63, 3.8) is 0 Å². The second-order valence-corrected chi connectivity index (χ2v) is 7.02. The molecular weight excluding hydrogens is 362 g/mol. The van der Waals surface area contributed by atoms with Crippen molar-refractivity contribution in [2.24, 2.45) is 0 Å². The first kappa shape index (κ1) is 17.1. The van der Waals surface area contributed by atoms with Crippen LogP contribution in [0.1, 0.15) is 22.0 Å². The van der Waals surface area contributed by atoms with Crippen LogP contribution in [0.5, 0.6) is 0 Å². The third-order valence-electron chi connectivity index (χ3n) is 4.38. The predicted molar refractivity (Wildman–Crippen MR) is 101 cm³/mol. The first-order valence-electron chi connectivity index (χ1n) is 8.28. The topological polar surface area (TPSA) is 83.4 Å². The molecule has 4 heterocycles. The molecule has 1 atom stereocenters. The van der Waals surface area contributed by atoms with Crippen molar-refractivity contribution >= 4 is 28.8 Å². The minimum atomic E-state index is -0.688. The van der Waals surface area contributed by atoms with Crippen molar-refractivity contribution in [3.05, 3.63) is 88.1 Å². The first-order valence-corrected chi connectivity index (χ1v) is 9.16. The first-order chi connectivity index (χ1) is 13.2. The summed E-state index contributed by atoms with van der Waals surface area (Å²) in [4.78, 5) is 35.9. The summed E-state index contributed by atoms with van der Waals surface area (Å²) in [6.07, 6.45) is 6.37. The summed E-state index contributed by atoms with van der Waals surface area (Å²) >= 11 is 1.44. The molecule has 134 valence electrons. The third-order valence-corrected chi connectivity index (χ3v) is 5.31. The monoisotopic (exact) mass is 377 g/mol. The van der Waals surface area contributed by atoms with Crippen molar-refractivity contribution in [2.45, 2.75) is 12.6 Å². The van der Waals surface area contributed by atoms with Crippen LogP contribution in [0, 0.1) is 0 Å². The minimum Gasteiger partial charge on any atom is -0.507 e. The molecule has 1 fully saturated rings. The highest BCUT2D eigenvalue weighted by molar-refractivity contribution is 7.10. The van der Waals surface area contributed by atoms with E-state index in [0.29, 0.717) is 5.56 Å². The summed E-state index contributed by atoms with van der Waals surface area (Å²) in [7, 11) is 0. The van der Waals surface area contributed by atoms with Gasteiger partial charge in [-0.1, -0.05) is 12.1 Å². The summed E-state index contributed by atoms with van der Waals surface area (Å²) in [5, 5.41) is 12.7. The van der Waals surface area contributed by atoms with Crippen molar-refractivity contribution in [1.29, 1.82) is 0 Å². The number of hydrogen-bond donors (Lipinski definition) is 1. The number of Topliss-reactive ketones (excluding diaryl/α,β-unsaturated/α-hetero) is 1. The van der Waals surface area contributed by atoms with E-state index in [1.807, 2.05) is 23.6 Å². The molecule has 0 aromatic carbocycles. The molecule has 0 spiro atoms. The average molecular weight is 377 g/mol. The number of carbonyl (C=O) groups is 2. The quantitative estimate of drug-likeness (QED) is 0.429. The highest BCUT2D eigenvalue weighted by atomic mass is 32.1. The Morgan fingerprint density at radius 1 is 1.07 bits per heavy atom. The van der Waals surface area contributed by atoms with E-state index >= 15 is 0 Å². The van der Waals surface area contributed by atoms with Crippen LogP contribution in [-0.4, -0.2) is 31.7 Å². The molecule has 1 aliphatic heterocycles. The summed E-state index contributed by atoms with van der Waals surface area (Å²) in [5.41, 5.74) is 1.35. The largest absolute Gasteiger partial charge is 0.507 e. The van der Waals surface area contributed by atoms with Gasteiger partial charge in [0.05, 0.1) is 11.6 Å². The molecule has 1 N–H and O–H groups in total. The molecule has 4 rings (SSSR count). The molecule has 1 amide bonds. The van der Waals surface area contributed by atoms with Crippen LogP contribution < -0.4 is 0 Å². The Morgan fingerprint density at radius 2 is 1.89 bits per heavy atom. The molecule has 1 saturated heterocycles. The van der Waals surface area contributed by atoms with Crippen LogP contribution in [0.4, 0.5) is 0 Å². The SMILES string of the molecule is O=C1C(=O)N(Cc2cccnc2)C(c2cccs2)/C1=C(/O)c1ccncc1. The number of aliphatic hydroxyl groups is 1. The van der Waals surface area contributed by atoms with E-state index in [0.717, 1.165) is 10.4 Å². The van der Waals surface area contributed by atoms with Crippen LogP contribution in [0.25, 0.3) is 5.76 Å². The Morgan fingerprint density at radius 3 is 2.56 bits per heavy atom. The van der Waals surface area contributed by atoms with E-state index < -0.39 is 17.7 Å². The minimum absolute atomic E-state index is 0.0949. The number of nitrogens with zero attached hydrogens (tertiary/aromatic N) is 3. The zero-order chi connectivity index (χ0) is 18.8. The Kier molecular flexibility index (Phi) is 4.52. The van der Waals surface area contributed by atoms with Gasteiger partial charge in [-0.05, 0) is 35.2 Å². The maximum atomic E-state index is 12.8. The molecule has 0 aliphatic carbocycles. The molecule has 27 heavy (non-hydrogen) atoms. The Labute approximate surface area is 159 Å². The molecule has 0 bridgehead atoms. The number of ketones is 1. The number of likely N-dealkylation sites (tertiary alicyclic amines) is 1. The zero-order valence-electron chi connectivity index (χ0n) is 14.1. The average Bonchev–Trinajstić information content (AvgIpc) is 3.32. The lowest BCUT2D eigenvalue weighted by atomic mass is 10.0. The van der Waals surface area contributed by atoms with Crippen LogP contribution >= 0.6 is 11.3 Å². The van der Waals surface area contributed by atoms with Gasteiger partial charge in [-0.15, -0.1) is 11.3 Å². The maximum absolute atomic E-state index is 12.8. The Bertz CT molecular complexity index is 1000. The molecule has 6 nitrogen and oxygen atoms in total. The normalized spacial score (nSPS) is 18.8. The highest BCUT2D eigenvalue weighted by Gasteiger charge is 2.46. The number of amides is 1. The van der Waals surface area contributed by atoms with E-state index in [-0.39, 0.29) is 17.9 Å². The van der Waals surface area contributed by atoms with Crippen LogP contribution in [-0.2, 0) is 16.1 Å². The summed E-state index contributed by atoms with van der Waals surface area (Å²) in [6.45, 7) is 0.230. The number of rotatable bonds is 4. The Balaban J connectivity index is 1.83. The Hall–Kier alpha value is -3.32. The van der Waals surface area contributed by atoms with Gasteiger partial charge in [-0.25, -0.2) is 0 Å². The lowest BCUT2D eigenvalue weighted by molar-refractivity contribution is -0.140. The van der Waals surface area contributed by atoms with Gasteiger partial charge in [0.1, 0.15) is 5.76 Å². The van der Waals surface area contributed by atoms with Gasteiger partial charge in [0, 0.05) is 41.8 Å². The number of aromatic nitrogens is 2.